The Balaban J connectivity index is 0.00000133. The lowest BCUT2D eigenvalue weighted by Gasteiger charge is -2.06. The van der Waals surface area contributed by atoms with Crippen molar-refractivity contribution in [2.45, 2.75) is 4.90 Å². The van der Waals surface area contributed by atoms with Crippen molar-refractivity contribution in [3.8, 4) is 11.1 Å². The molecule has 0 fully saturated rings. The van der Waals surface area contributed by atoms with Gasteiger partial charge >= 0.3 is 0 Å². The summed E-state index contributed by atoms with van der Waals surface area (Å²) in [4.78, 5) is 0.307. The van der Waals surface area contributed by atoms with E-state index in [1.54, 1.807) is 18.2 Å². The van der Waals surface area contributed by atoms with Crippen molar-refractivity contribution in [1.82, 2.24) is 0 Å². The standard InChI is InChI=1S/C12H11N3O2S.ClH/c13-14-9-3-1-8(2-4-9)11-6-5-10-7-12(11)15-18(10,16)17;/h1-7,14-15H,13H2;1H. The van der Waals surface area contributed by atoms with Gasteiger partial charge in [-0.25, -0.2) is 8.42 Å². The monoisotopic (exact) mass is 297 g/mol. The van der Waals surface area contributed by atoms with Gasteiger partial charge in [0.25, 0.3) is 10.0 Å². The highest BCUT2D eigenvalue weighted by Gasteiger charge is 2.24. The number of hydrogen-bond donors (Lipinski definition) is 3. The fraction of sp³-hybridized carbons (Fsp3) is 0. The van der Waals surface area contributed by atoms with Crippen LogP contribution in [0.1, 0.15) is 0 Å². The molecule has 0 spiro atoms. The zero-order valence-corrected chi connectivity index (χ0v) is 11.4. The Labute approximate surface area is 117 Å². The summed E-state index contributed by atoms with van der Waals surface area (Å²) in [6.45, 7) is 0. The number of anilines is 2. The van der Waals surface area contributed by atoms with Crippen LogP contribution in [0.15, 0.2) is 47.4 Å². The van der Waals surface area contributed by atoms with Crippen molar-refractivity contribution in [2.75, 3.05) is 10.1 Å². The van der Waals surface area contributed by atoms with Crippen molar-refractivity contribution in [2.24, 2.45) is 5.84 Å². The van der Waals surface area contributed by atoms with Crippen molar-refractivity contribution in [3.63, 3.8) is 0 Å². The third-order valence-corrected chi connectivity index (χ3v) is 4.27. The maximum Gasteiger partial charge on any atom is 0.261 e. The van der Waals surface area contributed by atoms with Gasteiger partial charge in [0.1, 0.15) is 0 Å². The molecule has 0 saturated heterocycles. The topological polar surface area (TPSA) is 84.2 Å². The van der Waals surface area contributed by atoms with Crippen LogP contribution in [0.5, 0.6) is 0 Å². The lowest BCUT2D eigenvalue weighted by atomic mass is 10.0. The van der Waals surface area contributed by atoms with Gasteiger partial charge in [-0.1, -0.05) is 18.2 Å². The van der Waals surface area contributed by atoms with Gasteiger partial charge in [-0.15, -0.1) is 12.4 Å². The van der Waals surface area contributed by atoms with E-state index in [2.05, 4.69) is 10.1 Å². The van der Waals surface area contributed by atoms with Crippen LogP contribution in [0.3, 0.4) is 0 Å². The average Bonchev–Trinajstić information content (AvgIpc) is 2.60. The van der Waals surface area contributed by atoms with Crippen LogP contribution in [-0.2, 0) is 10.0 Å². The molecule has 7 heteroatoms. The summed E-state index contributed by atoms with van der Waals surface area (Å²) in [5.41, 5.74) is 5.74. The molecule has 0 aliphatic carbocycles. The number of nitrogen functional groups attached to an aromatic ring is 1. The molecule has 1 aliphatic heterocycles. The lowest BCUT2D eigenvalue weighted by molar-refractivity contribution is 0.603. The maximum atomic E-state index is 11.6. The first-order valence-electron chi connectivity index (χ1n) is 5.34. The van der Waals surface area contributed by atoms with Gasteiger partial charge < -0.3 is 5.43 Å². The minimum atomic E-state index is -3.34. The maximum absolute atomic E-state index is 11.6. The van der Waals surface area contributed by atoms with E-state index in [0.717, 1.165) is 16.8 Å². The predicted molar refractivity (Wildman–Crippen MR) is 77.7 cm³/mol. The van der Waals surface area contributed by atoms with E-state index in [1.165, 1.54) is 0 Å². The molecule has 0 saturated carbocycles. The summed E-state index contributed by atoms with van der Waals surface area (Å²) in [5.74, 6) is 5.30. The van der Waals surface area contributed by atoms with Crippen LogP contribution in [0.2, 0.25) is 0 Å². The van der Waals surface area contributed by atoms with Crippen LogP contribution in [0, 0.1) is 0 Å². The zero-order valence-electron chi connectivity index (χ0n) is 9.75. The first kappa shape index (κ1) is 13.7. The quantitative estimate of drug-likeness (QED) is 0.586. The third-order valence-electron chi connectivity index (χ3n) is 2.91. The highest BCUT2D eigenvalue weighted by molar-refractivity contribution is 7.93. The second-order valence-corrected chi connectivity index (χ2v) is 5.72. The molecule has 0 amide bonds. The number of nitrogens with one attached hydrogen (secondary N) is 2. The summed E-state index contributed by atoms with van der Waals surface area (Å²) in [6, 6.07) is 12.5. The summed E-state index contributed by atoms with van der Waals surface area (Å²) >= 11 is 0. The number of sulfonamides is 1. The Morgan fingerprint density at radius 2 is 1.74 bits per heavy atom. The van der Waals surface area contributed by atoms with E-state index in [9.17, 15) is 8.42 Å². The summed E-state index contributed by atoms with van der Waals surface area (Å²) in [5, 5.41) is 0. The van der Waals surface area contributed by atoms with Crippen molar-refractivity contribution in [1.29, 1.82) is 0 Å². The molecule has 0 radical (unpaired) electrons. The fourth-order valence-electron chi connectivity index (χ4n) is 1.98. The zero-order chi connectivity index (χ0) is 12.8. The minimum Gasteiger partial charge on any atom is -0.324 e. The number of hydrogen-bond acceptors (Lipinski definition) is 4. The van der Waals surface area contributed by atoms with E-state index < -0.39 is 10.0 Å². The van der Waals surface area contributed by atoms with Gasteiger partial charge in [-0.05, 0) is 29.8 Å². The first-order valence-corrected chi connectivity index (χ1v) is 6.82. The molecule has 2 bridgehead atoms. The first-order chi connectivity index (χ1) is 8.60. The lowest BCUT2D eigenvalue weighted by Crippen LogP contribution is -2.06. The van der Waals surface area contributed by atoms with Gasteiger partial charge in [-0.3, -0.25) is 10.6 Å². The molecular weight excluding hydrogens is 286 g/mol. The molecule has 1 aliphatic rings. The van der Waals surface area contributed by atoms with Crippen molar-refractivity contribution in [3.05, 3.63) is 42.5 Å². The molecule has 0 unspecified atom stereocenters. The van der Waals surface area contributed by atoms with Gasteiger partial charge in [0.05, 0.1) is 10.6 Å². The second kappa shape index (κ2) is 4.73. The molecule has 2 aromatic rings. The Morgan fingerprint density at radius 1 is 1.05 bits per heavy atom. The summed E-state index contributed by atoms with van der Waals surface area (Å²) in [7, 11) is -3.34. The highest BCUT2D eigenvalue weighted by atomic mass is 35.5. The van der Waals surface area contributed by atoms with E-state index in [4.69, 9.17) is 5.84 Å². The normalized spacial score (nSPS) is 14.4. The van der Waals surface area contributed by atoms with Crippen molar-refractivity contribution >= 4 is 33.8 Å². The van der Waals surface area contributed by atoms with E-state index in [0.29, 0.717) is 10.6 Å². The molecule has 3 rings (SSSR count). The Hall–Kier alpha value is -1.76. The summed E-state index contributed by atoms with van der Waals surface area (Å²) in [6.07, 6.45) is 0. The minimum absolute atomic E-state index is 0. The average molecular weight is 298 g/mol. The molecule has 100 valence electrons. The van der Waals surface area contributed by atoms with Crippen LogP contribution in [-0.4, -0.2) is 8.42 Å². The molecule has 5 nitrogen and oxygen atoms in total. The van der Waals surface area contributed by atoms with Gasteiger partial charge in [-0.2, -0.15) is 0 Å². The Kier molecular flexibility index (Phi) is 3.40. The number of halogens is 1. The largest absolute Gasteiger partial charge is 0.324 e. The molecule has 2 aromatic carbocycles. The van der Waals surface area contributed by atoms with E-state index in [1.807, 2.05) is 24.3 Å². The number of nitrogens with two attached hydrogens (primary N) is 1. The van der Waals surface area contributed by atoms with Crippen LogP contribution in [0.25, 0.3) is 11.1 Å². The molecule has 4 N–H and O–H groups in total. The fourth-order valence-corrected chi connectivity index (χ4v) is 3.07. The molecular formula is C12H12ClN3O2S. The third kappa shape index (κ3) is 2.25. The summed E-state index contributed by atoms with van der Waals surface area (Å²) < 4.78 is 25.8. The number of benzene rings is 2. The number of rotatable bonds is 2. The SMILES string of the molecule is Cl.NNc1ccc(-c2ccc3cc2NS3(=O)=O)cc1. The van der Waals surface area contributed by atoms with E-state index in [-0.39, 0.29) is 12.4 Å². The van der Waals surface area contributed by atoms with Gasteiger partial charge in [0.15, 0.2) is 0 Å². The van der Waals surface area contributed by atoms with Gasteiger partial charge in [0, 0.05) is 11.3 Å². The number of fused-ring (bicyclic) bond motifs is 2. The van der Waals surface area contributed by atoms with Crippen LogP contribution >= 0.6 is 12.4 Å². The Bertz CT molecular complexity index is 714. The molecule has 19 heavy (non-hydrogen) atoms. The molecule has 0 atom stereocenters. The van der Waals surface area contributed by atoms with Crippen molar-refractivity contribution < 1.29 is 8.42 Å². The second-order valence-electron chi connectivity index (χ2n) is 4.03. The van der Waals surface area contributed by atoms with Crippen LogP contribution in [0.4, 0.5) is 11.4 Å². The highest BCUT2D eigenvalue weighted by Crippen LogP contribution is 2.36. The smallest absolute Gasteiger partial charge is 0.261 e. The van der Waals surface area contributed by atoms with Crippen LogP contribution < -0.4 is 16.0 Å². The van der Waals surface area contributed by atoms with E-state index >= 15 is 0 Å². The Morgan fingerprint density at radius 3 is 2.37 bits per heavy atom. The predicted octanol–water partition coefficient (Wildman–Crippen LogP) is 2.18. The number of hydrazine groups is 1. The van der Waals surface area contributed by atoms with Gasteiger partial charge in [0.2, 0.25) is 0 Å². The molecule has 0 aromatic heterocycles. The molecule has 1 heterocycles.